The van der Waals surface area contributed by atoms with Gasteiger partial charge in [-0.25, -0.2) is 0 Å². The lowest BCUT2D eigenvalue weighted by Crippen LogP contribution is -2.24. The van der Waals surface area contributed by atoms with Crippen LogP contribution in [0.25, 0.3) is 0 Å². The lowest BCUT2D eigenvalue weighted by molar-refractivity contribution is 0.208. The van der Waals surface area contributed by atoms with Crippen LogP contribution in [0, 0.1) is 0 Å². The maximum absolute atomic E-state index is 5.59. The molecule has 0 saturated heterocycles. The van der Waals surface area contributed by atoms with Gasteiger partial charge >= 0.3 is 0 Å². The highest BCUT2D eigenvalue weighted by atomic mass is 16.3. The standard InChI is InChI=1S/C14H18N2O2/c15-7-11-6-14(18-10-11)9-16(12-3-4-12)8-13-2-1-5-17-13/h1-2,5-6,10,12H,3-4,7-9,15H2. The van der Waals surface area contributed by atoms with Crippen LogP contribution in [0.1, 0.15) is 29.9 Å². The molecule has 1 aliphatic carbocycles. The summed E-state index contributed by atoms with van der Waals surface area (Å²) >= 11 is 0. The summed E-state index contributed by atoms with van der Waals surface area (Å²) in [7, 11) is 0. The second kappa shape index (κ2) is 5.00. The third-order valence-corrected chi connectivity index (χ3v) is 3.30. The number of furan rings is 2. The predicted molar refractivity (Wildman–Crippen MR) is 67.6 cm³/mol. The van der Waals surface area contributed by atoms with Gasteiger partial charge < -0.3 is 14.6 Å². The van der Waals surface area contributed by atoms with Gasteiger partial charge in [0.15, 0.2) is 0 Å². The average Bonchev–Trinajstić information content (AvgIpc) is 2.92. The van der Waals surface area contributed by atoms with Crippen molar-refractivity contribution in [3.63, 3.8) is 0 Å². The van der Waals surface area contributed by atoms with E-state index in [9.17, 15) is 0 Å². The van der Waals surface area contributed by atoms with E-state index in [1.165, 1.54) is 12.8 Å². The first kappa shape index (κ1) is 11.6. The minimum absolute atomic E-state index is 0.533. The van der Waals surface area contributed by atoms with Crippen molar-refractivity contribution in [2.24, 2.45) is 5.73 Å². The highest BCUT2D eigenvalue weighted by Gasteiger charge is 2.30. The van der Waals surface area contributed by atoms with E-state index in [2.05, 4.69) is 4.90 Å². The zero-order valence-corrected chi connectivity index (χ0v) is 10.3. The van der Waals surface area contributed by atoms with Crippen LogP contribution in [0.2, 0.25) is 0 Å². The van der Waals surface area contributed by atoms with E-state index in [-0.39, 0.29) is 0 Å². The van der Waals surface area contributed by atoms with Crippen LogP contribution in [0.4, 0.5) is 0 Å². The van der Waals surface area contributed by atoms with Gasteiger partial charge in [0.25, 0.3) is 0 Å². The molecule has 2 heterocycles. The molecule has 0 radical (unpaired) electrons. The van der Waals surface area contributed by atoms with Crippen LogP contribution < -0.4 is 5.73 Å². The molecule has 18 heavy (non-hydrogen) atoms. The van der Waals surface area contributed by atoms with E-state index < -0.39 is 0 Å². The first-order valence-corrected chi connectivity index (χ1v) is 6.38. The lowest BCUT2D eigenvalue weighted by atomic mass is 10.3. The number of rotatable bonds is 6. The first-order valence-electron chi connectivity index (χ1n) is 6.38. The third-order valence-electron chi connectivity index (χ3n) is 3.30. The summed E-state index contributed by atoms with van der Waals surface area (Å²) in [6, 6.07) is 6.65. The molecule has 3 rings (SSSR count). The van der Waals surface area contributed by atoms with E-state index in [0.29, 0.717) is 12.6 Å². The zero-order valence-electron chi connectivity index (χ0n) is 10.3. The molecular formula is C14H18N2O2. The van der Waals surface area contributed by atoms with Gasteiger partial charge in [-0.1, -0.05) is 0 Å². The molecule has 0 aliphatic heterocycles. The fourth-order valence-corrected chi connectivity index (χ4v) is 2.17. The largest absolute Gasteiger partial charge is 0.468 e. The fraction of sp³-hybridized carbons (Fsp3) is 0.429. The van der Waals surface area contributed by atoms with Crippen LogP contribution in [-0.4, -0.2) is 10.9 Å². The van der Waals surface area contributed by atoms with Crippen LogP contribution >= 0.6 is 0 Å². The summed E-state index contributed by atoms with van der Waals surface area (Å²) in [5, 5.41) is 0. The number of nitrogens with zero attached hydrogens (tertiary/aromatic N) is 1. The van der Waals surface area contributed by atoms with Crippen molar-refractivity contribution in [2.45, 2.75) is 38.5 Å². The molecule has 0 aromatic carbocycles. The molecule has 2 aromatic rings. The van der Waals surface area contributed by atoms with Gasteiger partial charge in [0.2, 0.25) is 0 Å². The fourth-order valence-electron chi connectivity index (χ4n) is 2.17. The predicted octanol–water partition coefficient (Wildman–Crippen LogP) is 2.50. The Morgan fingerprint density at radius 1 is 1.22 bits per heavy atom. The lowest BCUT2D eigenvalue weighted by Gasteiger charge is -2.19. The van der Waals surface area contributed by atoms with Gasteiger partial charge in [-0.05, 0) is 31.0 Å². The number of hydrogen-bond acceptors (Lipinski definition) is 4. The van der Waals surface area contributed by atoms with E-state index in [1.54, 1.807) is 12.5 Å². The topological polar surface area (TPSA) is 55.5 Å². The second-order valence-electron chi connectivity index (χ2n) is 4.84. The molecule has 2 aromatic heterocycles. The molecule has 1 saturated carbocycles. The summed E-state index contributed by atoms with van der Waals surface area (Å²) in [4.78, 5) is 2.40. The smallest absolute Gasteiger partial charge is 0.118 e. The highest BCUT2D eigenvalue weighted by molar-refractivity contribution is 5.13. The molecule has 0 amide bonds. The monoisotopic (exact) mass is 246 g/mol. The maximum Gasteiger partial charge on any atom is 0.118 e. The Morgan fingerprint density at radius 3 is 2.67 bits per heavy atom. The van der Waals surface area contributed by atoms with Gasteiger partial charge in [0.05, 0.1) is 25.6 Å². The quantitative estimate of drug-likeness (QED) is 0.850. The van der Waals surface area contributed by atoms with Crippen LogP contribution in [0.3, 0.4) is 0 Å². The highest BCUT2D eigenvalue weighted by Crippen LogP contribution is 2.30. The molecule has 0 unspecified atom stereocenters. The molecule has 4 heteroatoms. The third kappa shape index (κ3) is 2.66. The molecule has 0 atom stereocenters. The van der Waals surface area contributed by atoms with Gasteiger partial charge in [-0.3, -0.25) is 4.90 Å². The Bertz CT molecular complexity index is 486. The van der Waals surface area contributed by atoms with Crippen molar-refractivity contribution in [3.05, 3.63) is 47.8 Å². The van der Waals surface area contributed by atoms with Crippen molar-refractivity contribution >= 4 is 0 Å². The van der Waals surface area contributed by atoms with Gasteiger partial charge in [-0.15, -0.1) is 0 Å². The Labute approximate surface area is 106 Å². The summed E-state index contributed by atoms with van der Waals surface area (Å²) in [5.41, 5.74) is 6.64. The first-order chi connectivity index (χ1) is 8.85. The van der Waals surface area contributed by atoms with Crippen molar-refractivity contribution < 1.29 is 8.83 Å². The molecule has 96 valence electrons. The minimum Gasteiger partial charge on any atom is -0.468 e. The van der Waals surface area contributed by atoms with E-state index in [1.807, 2.05) is 18.2 Å². The van der Waals surface area contributed by atoms with Crippen molar-refractivity contribution in [2.75, 3.05) is 0 Å². The molecule has 4 nitrogen and oxygen atoms in total. The molecule has 0 spiro atoms. The molecule has 1 fully saturated rings. The number of nitrogens with two attached hydrogens (primary N) is 1. The van der Waals surface area contributed by atoms with Crippen molar-refractivity contribution in [1.82, 2.24) is 4.90 Å². The van der Waals surface area contributed by atoms with Crippen molar-refractivity contribution in [3.8, 4) is 0 Å². The van der Waals surface area contributed by atoms with Gasteiger partial charge in [0.1, 0.15) is 11.5 Å². The van der Waals surface area contributed by atoms with Crippen LogP contribution in [0.5, 0.6) is 0 Å². The molecule has 2 N–H and O–H groups in total. The van der Waals surface area contributed by atoms with Crippen molar-refractivity contribution in [1.29, 1.82) is 0 Å². The summed E-state index contributed by atoms with van der Waals surface area (Å²) in [6.45, 7) is 2.20. The summed E-state index contributed by atoms with van der Waals surface area (Å²) in [5.74, 6) is 1.99. The molecule has 1 aliphatic rings. The minimum atomic E-state index is 0.533. The Kier molecular flexibility index (Phi) is 3.21. The van der Waals surface area contributed by atoms with Gasteiger partial charge in [0, 0.05) is 18.2 Å². The van der Waals surface area contributed by atoms with Crippen LogP contribution in [0.15, 0.2) is 39.6 Å². The van der Waals surface area contributed by atoms with Gasteiger partial charge in [-0.2, -0.15) is 0 Å². The Morgan fingerprint density at radius 2 is 2.06 bits per heavy atom. The van der Waals surface area contributed by atoms with E-state index >= 15 is 0 Å². The Hall–Kier alpha value is -1.52. The number of hydrogen-bond donors (Lipinski definition) is 1. The SMILES string of the molecule is NCc1coc(CN(Cc2ccco2)C2CC2)c1. The molecule has 0 bridgehead atoms. The average molecular weight is 246 g/mol. The summed E-state index contributed by atoms with van der Waals surface area (Å²) < 4.78 is 10.9. The van der Waals surface area contributed by atoms with E-state index in [0.717, 1.165) is 30.2 Å². The van der Waals surface area contributed by atoms with E-state index in [4.69, 9.17) is 14.6 Å². The van der Waals surface area contributed by atoms with Crippen LogP contribution in [-0.2, 0) is 19.6 Å². The maximum atomic E-state index is 5.59. The normalized spacial score (nSPS) is 15.4. The Balaban J connectivity index is 1.66. The molecular weight excluding hydrogens is 228 g/mol. The second-order valence-corrected chi connectivity index (χ2v) is 4.84. The summed E-state index contributed by atoms with van der Waals surface area (Å²) in [6.07, 6.45) is 6.00. The zero-order chi connectivity index (χ0) is 12.4.